The predicted molar refractivity (Wildman–Crippen MR) is 84.6 cm³/mol. The molecule has 0 aliphatic heterocycles. The van der Waals surface area contributed by atoms with E-state index < -0.39 is 22.7 Å². The summed E-state index contributed by atoms with van der Waals surface area (Å²) in [6, 6.07) is 8.87. The van der Waals surface area contributed by atoms with E-state index in [1.54, 1.807) is 24.3 Å². The second-order valence-corrected chi connectivity index (χ2v) is 6.41. The lowest BCUT2D eigenvalue weighted by Crippen LogP contribution is -2.38. The first-order valence-corrected chi connectivity index (χ1v) is 7.98. The lowest BCUT2D eigenvalue weighted by atomic mass is 10.2. The van der Waals surface area contributed by atoms with Crippen LogP contribution in [0.15, 0.2) is 41.3 Å². The fourth-order valence-electron chi connectivity index (χ4n) is 1.64. The van der Waals surface area contributed by atoms with Crippen molar-refractivity contribution in [2.75, 3.05) is 0 Å². The highest BCUT2D eigenvalue weighted by Gasteiger charge is 2.17. The van der Waals surface area contributed by atoms with Crippen molar-refractivity contribution < 1.29 is 13.4 Å². The Bertz CT molecular complexity index is 715. The number of hydrogen-bond donors (Lipinski definition) is 2. The number of nitrogens with one attached hydrogen (secondary N) is 2. The Kier molecular flexibility index (Phi) is 5.52. The van der Waals surface area contributed by atoms with Gasteiger partial charge in [0.2, 0.25) is 0 Å². The first kappa shape index (κ1) is 16.9. The number of hydrogen-bond acceptors (Lipinski definition) is 2. The van der Waals surface area contributed by atoms with Gasteiger partial charge in [0.15, 0.2) is 0 Å². The Morgan fingerprint density at radius 1 is 1.14 bits per heavy atom. The fourth-order valence-corrected chi connectivity index (χ4v) is 2.95. The van der Waals surface area contributed by atoms with Gasteiger partial charge in [-0.3, -0.25) is 10.2 Å². The van der Waals surface area contributed by atoms with Crippen LogP contribution in [0.5, 0.6) is 0 Å². The van der Waals surface area contributed by atoms with E-state index >= 15 is 0 Å². The average molecular weight is 361 g/mol. The number of amides is 1. The zero-order valence-corrected chi connectivity index (χ0v) is 13.7. The maximum Gasteiger partial charge on any atom is 0.269 e. The van der Waals surface area contributed by atoms with Crippen molar-refractivity contribution in [2.24, 2.45) is 0 Å². The van der Waals surface area contributed by atoms with Gasteiger partial charge in [0.25, 0.3) is 5.91 Å². The minimum absolute atomic E-state index is 0.0989. The van der Waals surface area contributed by atoms with Crippen LogP contribution in [0.1, 0.15) is 15.9 Å². The van der Waals surface area contributed by atoms with Gasteiger partial charge in [-0.15, -0.1) is 4.83 Å². The van der Waals surface area contributed by atoms with Gasteiger partial charge in [-0.25, -0.2) is 8.60 Å². The molecule has 8 heteroatoms. The summed E-state index contributed by atoms with van der Waals surface area (Å²) in [7, 11) is -1.65. The van der Waals surface area contributed by atoms with E-state index in [1.165, 1.54) is 0 Å². The molecule has 116 valence electrons. The number of aryl methyl sites for hydroxylation is 1. The fraction of sp³-hybridized carbons (Fsp3) is 0.0714. The van der Waals surface area contributed by atoms with Crippen LogP contribution >= 0.6 is 23.2 Å². The Hall–Kier alpha value is -1.47. The van der Waals surface area contributed by atoms with Crippen molar-refractivity contribution in [3.63, 3.8) is 0 Å². The molecule has 2 aromatic carbocycles. The standard InChI is InChI=1S/C14H11Cl2FN2O2S/c1-8-2-4-10(5-3-8)22(21)19-18-14(20)13-11(15)6-9(17)7-12(13)16/h2-7,19H,1H3,(H,18,20). The smallest absolute Gasteiger partial charge is 0.269 e. The number of carbonyl (C=O) groups is 1. The molecule has 0 aromatic heterocycles. The molecule has 0 aliphatic carbocycles. The molecule has 22 heavy (non-hydrogen) atoms. The molecule has 0 spiro atoms. The van der Waals surface area contributed by atoms with Crippen LogP contribution < -0.4 is 10.3 Å². The molecular formula is C14H11Cl2FN2O2S. The second-order valence-electron chi connectivity index (χ2n) is 4.38. The minimum atomic E-state index is -1.65. The van der Waals surface area contributed by atoms with E-state index in [0.29, 0.717) is 4.90 Å². The lowest BCUT2D eigenvalue weighted by molar-refractivity contribution is 0.0946. The Morgan fingerprint density at radius 2 is 1.68 bits per heavy atom. The van der Waals surface area contributed by atoms with Crippen molar-refractivity contribution >= 4 is 40.1 Å². The molecule has 1 atom stereocenters. The van der Waals surface area contributed by atoms with Crippen molar-refractivity contribution in [3.05, 3.63) is 63.4 Å². The summed E-state index contributed by atoms with van der Waals surface area (Å²) in [5, 5.41) is -0.268. The maximum atomic E-state index is 13.1. The number of hydrazine groups is 1. The molecule has 0 saturated heterocycles. The van der Waals surface area contributed by atoms with Gasteiger partial charge in [-0.1, -0.05) is 40.9 Å². The van der Waals surface area contributed by atoms with E-state index in [-0.39, 0.29) is 15.6 Å². The largest absolute Gasteiger partial charge is 0.275 e. The van der Waals surface area contributed by atoms with Crippen LogP contribution in [0.3, 0.4) is 0 Å². The molecule has 0 radical (unpaired) electrons. The third-order valence-electron chi connectivity index (χ3n) is 2.73. The summed E-state index contributed by atoms with van der Waals surface area (Å²) in [4.78, 5) is 14.8. The Balaban J connectivity index is 2.07. The quantitative estimate of drug-likeness (QED) is 0.821. The van der Waals surface area contributed by atoms with E-state index in [1.807, 2.05) is 6.92 Å². The zero-order valence-electron chi connectivity index (χ0n) is 11.3. The SMILES string of the molecule is Cc1ccc(S(=O)NNC(=O)c2c(Cl)cc(F)cc2Cl)cc1. The third kappa shape index (κ3) is 4.04. The second kappa shape index (κ2) is 7.19. The highest BCUT2D eigenvalue weighted by Crippen LogP contribution is 2.25. The molecule has 0 saturated carbocycles. The average Bonchev–Trinajstić information content (AvgIpc) is 2.44. The number of carbonyl (C=O) groups excluding carboxylic acids is 1. The summed E-state index contributed by atoms with van der Waals surface area (Å²) >= 11 is 11.6. The first-order chi connectivity index (χ1) is 10.4. The number of benzene rings is 2. The molecule has 2 aromatic rings. The summed E-state index contributed by atoms with van der Waals surface area (Å²) in [6.45, 7) is 1.90. The van der Waals surface area contributed by atoms with Gasteiger partial charge < -0.3 is 0 Å². The summed E-state index contributed by atoms with van der Waals surface area (Å²) in [6.07, 6.45) is 0. The Labute approximate surface area is 139 Å². The van der Waals surface area contributed by atoms with Crippen molar-refractivity contribution in [2.45, 2.75) is 11.8 Å². The summed E-state index contributed by atoms with van der Waals surface area (Å²) in [5.74, 6) is -1.36. The molecular weight excluding hydrogens is 350 g/mol. The van der Waals surface area contributed by atoms with Gasteiger partial charge in [-0.2, -0.15) is 0 Å². The maximum absolute atomic E-state index is 13.1. The molecule has 0 aliphatic rings. The van der Waals surface area contributed by atoms with Crippen LogP contribution in [-0.2, 0) is 11.0 Å². The van der Waals surface area contributed by atoms with Gasteiger partial charge >= 0.3 is 0 Å². The van der Waals surface area contributed by atoms with Crippen LogP contribution in [0.4, 0.5) is 4.39 Å². The molecule has 4 nitrogen and oxygen atoms in total. The van der Waals surface area contributed by atoms with Crippen molar-refractivity contribution in [1.82, 2.24) is 10.3 Å². The summed E-state index contributed by atoms with van der Waals surface area (Å²) < 4.78 is 25.0. The third-order valence-corrected chi connectivity index (χ3v) is 4.31. The molecule has 1 amide bonds. The monoisotopic (exact) mass is 360 g/mol. The molecule has 2 rings (SSSR count). The molecule has 0 fully saturated rings. The van der Waals surface area contributed by atoms with E-state index in [0.717, 1.165) is 17.7 Å². The molecule has 0 bridgehead atoms. The van der Waals surface area contributed by atoms with E-state index in [9.17, 15) is 13.4 Å². The lowest BCUT2D eigenvalue weighted by Gasteiger charge is -2.09. The van der Waals surface area contributed by atoms with E-state index in [2.05, 4.69) is 10.3 Å². The van der Waals surface area contributed by atoms with Gasteiger partial charge in [0.1, 0.15) is 16.8 Å². The van der Waals surface area contributed by atoms with E-state index in [4.69, 9.17) is 23.2 Å². The van der Waals surface area contributed by atoms with Crippen LogP contribution in [0.2, 0.25) is 10.0 Å². The van der Waals surface area contributed by atoms with Crippen LogP contribution in [0.25, 0.3) is 0 Å². The molecule has 1 unspecified atom stereocenters. The number of rotatable bonds is 4. The van der Waals surface area contributed by atoms with Crippen LogP contribution in [0, 0.1) is 12.7 Å². The highest BCUT2D eigenvalue weighted by molar-refractivity contribution is 7.83. The Morgan fingerprint density at radius 3 is 2.23 bits per heavy atom. The van der Waals surface area contributed by atoms with Gasteiger partial charge in [0.05, 0.1) is 20.5 Å². The topological polar surface area (TPSA) is 58.2 Å². The molecule has 2 N–H and O–H groups in total. The highest BCUT2D eigenvalue weighted by atomic mass is 35.5. The van der Waals surface area contributed by atoms with Gasteiger partial charge in [0, 0.05) is 0 Å². The minimum Gasteiger partial charge on any atom is -0.275 e. The summed E-state index contributed by atoms with van der Waals surface area (Å²) in [5.41, 5.74) is 3.16. The zero-order chi connectivity index (χ0) is 16.3. The first-order valence-electron chi connectivity index (χ1n) is 6.07. The van der Waals surface area contributed by atoms with Crippen molar-refractivity contribution in [1.29, 1.82) is 0 Å². The van der Waals surface area contributed by atoms with Gasteiger partial charge in [-0.05, 0) is 31.2 Å². The van der Waals surface area contributed by atoms with Crippen LogP contribution in [-0.4, -0.2) is 10.1 Å². The molecule has 0 heterocycles. The normalized spacial score (nSPS) is 12.0. The van der Waals surface area contributed by atoms with Crippen molar-refractivity contribution in [3.8, 4) is 0 Å². The predicted octanol–water partition coefficient (Wildman–Crippen LogP) is 3.40. The number of halogens is 3.